The van der Waals surface area contributed by atoms with Crippen LogP contribution in [0.15, 0.2) is 23.1 Å². The first-order valence-electron chi connectivity index (χ1n) is 8.73. The molecule has 1 aliphatic rings. The summed E-state index contributed by atoms with van der Waals surface area (Å²) < 4.78 is 25.6. The number of nitrogens with zero attached hydrogens (tertiary/aromatic N) is 2. The van der Waals surface area contributed by atoms with Crippen molar-refractivity contribution in [1.82, 2.24) is 15.1 Å². The predicted octanol–water partition coefficient (Wildman–Crippen LogP) is 2.89. The zero-order chi connectivity index (χ0) is 19.3. The zero-order valence-corrected chi connectivity index (χ0v) is 17.4. The molecule has 2 rings (SSSR count). The lowest BCUT2D eigenvalue weighted by Gasteiger charge is -2.21. The van der Waals surface area contributed by atoms with Gasteiger partial charge in [0, 0.05) is 26.2 Å². The number of amides is 2. The third kappa shape index (κ3) is 5.03. The Hall–Kier alpha value is -1.02. The Balaban J connectivity index is 1.94. The van der Waals surface area contributed by atoms with Crippen LogP contribution in [0.3, 0.4) is 0 Å². The number of sulfone groups is 1. The molecule has 9 heteroatoms. The van der Waals surface area contributed by atoms with Crippen molar-refractivity contribution in [3.63, 3.8) is 0 Å². The van der Waals surface area contributed by atoms with Crippen LogP contribution in [0.4, 0.5) is 4.79 Å². The summed E-state index contributed by atoms with van der Waals surface area (Å²) in [5.74, 6) is 0. The smallest absolute Gasteiger partial charge is 0.317 e. The van der Waals surface area contributed by atoms with E-state index >= 15 is 0 Å². The average Bonchev–Trinajstić information content (AvgIpc) is 3.12. The highest BCUT2D eigenvalue weighted by Crippen LogP contribution is 2.29. The molecule has 1 aromatic rings. The lowest BCUT2D eigenvalue weighted by molar-refractivity contribution is 0.206. The summed E-state index contributed by atoms with van der Waals surface area (Å²) in [5.41, 5.74) is 0. The van der Waals surface area contributed by atoms with Crippen molar-refractivity contribution >= 4 is 39.1 Å². The standard InChI is InChI=1S/C17H25Cl2N3O3S/c1-3-21(4-2)10-8-20-17(23)22-9-7-14(12-22)26(24,25)13-5-6-15(18)16(19)11-13/h5-6,11,14H,3-4,7-10,12H2,1-2H3,(H,20,23). The molecule has 1 heterocycles. The Morgan fingerprint density at radius 1 is 1.27 bits per heavy atom. The van der Waals surface area contributed by atoms with Crippen LogP contribution in [0, 0.1) is 0 Å². The second-order valence-electron chi connectivity index (χ2n) is 6.24. The number of likely N-dealkylation sites (tertiary alicyclic amines) is 1. The van der Waals surface area contributed by atoms with Crippen molar-refractivity contribution in [2.75, 3.05) is 39.3 Å². The number of likely N-dealkylation sites (N-methyl/N-ethyl adjacent to an activating group) is 1. The third-order valence-electron chi connectivity index (χ3n) is 4.69. The van der Waals surface area contributed by atoms with E-state index in [4.69, 9.17) is 23.2 Å². The number of urea groups is 1. The summed E-state index contributed by atoms with van der Waals surface area (Å²) in [6.45, 7) is 7.93. The fraction of sp³-hybridized carbons (Fsp3) is 0.588. The monoisotopic (exact) mass is 421 g/mol. The molecular formula is C17H25Cl2N3O3S. The Morgan fingerprint density at radius 2 is 1.96 bits per heavy atom. The van der Waals surface area contributed by atoms with Gasteiger partial charge in [-0.1, -0.05) is 37.0 Å². The number of carbonyl (C=O) groups excluding carboxylic acids is 1. The molecule has 1 aromatic carbocycles. The van der Waals surface area contributed by atoms with Crippen LogP contribution in [-0.4, -0.2) is 68.8 Å². The van der Waals surface area contributed by atoms with Crippen molar-refractivity contribution in [3.05, 3.63) is 28.2 Å². The maximum absolute atomic E-state index is 12.8. The minimum Gasteiger partial charge on any atom is -0.337 e. The first kappa shape index (κ1) is 21.3. The van der Waals surface area contributed by atoms with Crippen LogP contribution in [0.1, 0.15) is 20.3 Å². The Kier molecular flexibility index (Phi) is 7.58. The highest BCUT2D eigenvalue weighted by Gasteiger charge is 2.36. The van der Waals surface area contributed by atoms with E-state index in [1.807, 2.05) is 0 Å². The van der Waals surface area contributed by atoms with Gasteiger partial charge in [0.25, 0.3) is 0 Å². The van der Waals surface area contributed by atoms with Gasteiger partial charge in [-0.05, 0) is 37.7 Å². The van der Waals surface area contributed by atoms with Crippen molar-refractivity contribution < 1.29 is 13.2 Å². The Bertz CT molecular complexity index is 739. The summed E-state index contributed by atoms with van der Waals surface area (Å²) in [5, 5.41) is 2.75. The molecule has 0 aliphatic carbocycles. The fourth-order valence-electron chi connectivity index (χ4n) is 2.98. The molecule has 0 radical (unpaired) electrons. The summed E-state index contributed by atoms with van der Waals surface area (Å²) >= 11 is 11.8. The van der Waals surface area contributed by atoms with Crippen LogP contribution < -0.4 is 5.32 Å². The summed E-state index contributed by atoms with van der Waals surface area (Å²) in [6.07, 6.45) is 0.409. The molecule has 0 saturated carbocycles. The number of rotatable bonds is 7. The van der Waals surface area contributed by atoms with Crippen LogP contribution in [0.2, 0.25) is 10.0 Å². The number of benzene rings is 1. The van der Waals surface area contributed by atoms with E-state index in [0.717, 1.165) is 19.6 Å². The summed E-state index contributed by atoms with van der Waals surface area (Å²) in [7, 11) is -3.56. The molecule has 146 valence electrons. The SMILES string of the molecule is CCN(CC)CCNC(=O)N1CCC(S(=O)(=O)c2ccc(Cl)c(Cl)c2)C1. The molecule has 1 N–H and O–H groups in total. The van der Waals surface area contributed by atoms with Crippen molar-refractivity contribution in [2.24, 2.45) is 0 Å². The minimum atomic E-state index is -3.56. The number of hydrogen-bond acceptors (Lipinski definition) is 4. The van der Waals surface area contributed by atoms with Gasteiger partial charge in [0.1, 0.15) is 0 Å². The van der Waals surface area contributed by atoms with E-state index in [9.17, 15) is 13.2 Å². The molecule has 1 aliphatic heterocycles. The normalized spacial score (nSPS) is 17.7. The lowest BCUT2D eigenvalue weighted by atomic mass is 10.4. The van der Waals surface area contributed by atoms with Crippen LogP contribution in [-0.2, 0) is 9.84 Å². The maximum atomic E-state index is 12.8. The summed E-state index contributed by atoms with van der Waals surface area (Å²) in [4.78, 5) is 16.2. The number of hydrogen-bond donors (Lipinski definition) is 1. The Labute approximate surface area is 165 Å². The van der Waals surface area contributed by atoms with Crippen molar-refractivity contribution in [1.29, 1.82) is 0 Å². The van der Waals surface area contributed by atoms with Gasteiger partial charge in [0.2, 0.25) is 0 Å². The van der Waals surface area contributed by atoms with E-state index in [1.54, 1.807) is 4.90 Å². The molecule has 0 spiro atoms. The molecular weight excluding hydrogens is 397 g/mol. The molecule has 6 nitrogen and oxygen atoms in total. The third-order valence-corrected chi connectivity index (χ3v) is 7.60. The van der Waals surface area contributed by atoms with Crippen molar-refractivity contribution in [3.8, 4) is 0 Å². The number of nitrogens with one attached hydrogen (secondary N) is 1. The predicted molar refractivity (Wildman–Crippen MR) is 105 cm³/mol. The highest BCUT2D eigenvalue weighted by atomic mass is 35.5. The topological polar surface area (TPSA) is 69.7 Å². The van der Waals surface area contributed by atoms with Gasteiger partial charge in [0.05, 0.1) is 20.2 Å². The molecule has 1 fully saturated rings. The minimum absolute atomic E-state index is 0.140. The van der Waals surface area contributed by atoms with Gasteiger partial charge in [-0.25, -0.2) is 13.2 Å². The number of carbonyl (C=O) groups is 1. The fourth-order valence-corrected chi connectivity index (χ4v) is 5.06. The Morgan fingerprint density at radius 3 is 2.58 bits per heavy atom. The zero-order valence-electron chi connectivity index (χ0n) is 15.0. The highest BCUT2D eigenvalue weighted by molar-refractivity contribution is 7.92. The van der Waals surface area contributed by atoms with Crippen LogP contribution in [0.5, 0.6) is 0 Å². The molecule has 1 unspecified atom stereocenters. The average molecular weight is 422 g/mol. The second kappa shape index (κ2) is 9.26. The van der Waals surface area contributed by atoms with E-state index in [1.165, 1.54) is 18.2 Å². The van der Waals surface area contributed by atoms with Gasteiger partial charge < -0.3 is 15.1 Å². The van der Waals surface area contributed by atoms with E-state index in [2.05, 4.69) is 24.1 Å². The van der Waals surface area contributed by atoms with Gasteiger partial charge in [-0.15, -0.1) is 0 Å². The first-order chi connectivity index (χ1) is 12.3. The van der Waals surface area contributed by atoms with E-state index in [-0.39, 0.29) is 22.5 Å². The van der Waals surface area contributed by atoms with E-state index in [0.29, 0.717) is 24.5 Å². The molecule has 2 amide bonds. The van der Waals surface area contributed by atoms with Crippen LogP contribution >= 0.6 is 23.2 Å². The maximum Gasteiger partial charge on any atom is 0.317 e. The molecule has 26 heavy (non-hydrogen) atoms. The second-order valence-corrected chi connectivity index (χ2v) is 9.28. The van der Waals surface area contributed by atoms with Gasteiger partial charge in [-0.2, -0.15) is 0 Å². The number of halogens is 2. The molecule has 1 atom stereocenters. The van der Waals surface area contributed by atoms with Gasteiger partial charge in [0.15, 0.2) is 9.84 Å². The van der Waals surface area contributed by atoms with Crippen LogP contribution in [0.25, 0.3) is 0 Å². The summed E-state index contributed by atoms with van der Waals surface area (Å²) in [6, 6.07) is 4.08. The first-order valence-corrected chi connectivity index (χ1v) is 11.0. The van der Waals surface area contributed by atoms with Crippen molar-refractivity contribution in [2.45, 2.75) is 30.4 Å². The van der Waals surface area contributed by atoms with Gasteiger partial charge in [-0.3, -0.25) is 0 Å². The molecule has 1 saturated heterocycles. The van der Waals surface area contributed by atoms with Gasteiger partial charge >= 0.3 is 6.03 Å². The molecule has 0 aromatic heterocycles. The van der Waals surface area contributed by atoms with E-state index < -0.39 is 15.1 Å². The quantitative estimate of drug-likeness (QED) is 0.734. The largest absolute Gasteiger partial charge is 0.337 e. The lowest BCUT2D eigenvalue weighted by Crippen LogP contribution is -2.42. The molecule has 0 bridgehead atoms.